The molecular weight excluding hydrogens is 370 g/mol. The van der Waals surface area contributed by atoms with E-state index in [4.69, 9.17) is 10.9 Å². The monoisotopic (exact) mass is 395 g/mol. The second-order valence-corrected chi connectivity index (χ2v) is 6.46. The van der Waals surface area contributed by atoms with Gasteiger partial charge in [-0.25, -0.2) is 5.48 Å². The van der Waals surface area contributed by atoms with E-state index in [0.717, 1.165) is 16.7 Å². The molecule has 0 saturated heterocycles. The first-order valence-corrected chi connectivity index (χ1v) is 9.11. The van der Waals surface area contributed by atoms with E-state index >= 15 is 0 Å². The van der Waals surface area contributed by atoms with Gasteiger partial charge in [0.15, 0.2) is 0 Å². The first-order chi connectivity index (χ1) is 13.9. The second-order valence-electron chi connectivity index (χ2n) is 6.46. The minimum atomic E-state index is -1.25. The van der Waals surface area contributed by atoms with Gasteiger partial charge in [0.05, 0.1) is 6.10 Å². The molecule has 6 N–H and O–H groups in total. The Balaban J connectivity index is 1.98. The summed E-state index contributed by atoms with van der Waals surface area (Å²) < 4.78 is 0. The number of aliphatic hydroxyl groups excluding tert-OH is 1. The minimum absolute atomic E-state index is 0.327. The van der Waals surface area contributed by atoms with Crippen LogP contribution in [0.15, 0.2) is 60.7 Å². The van der Waals surface area contributed by atoms with Crippen LogP contribution in [-0.4, -0.2) is 34.3 Å². The van der Waals surface area contributed by atoms with Crippen molar-refractivity contribution in [1.29, 1.82) is 0 Å². The van der Waals surface area contributed by atoms with Crippen molar-refractivity contribution in [2.24, 2.45) is 5.73 Å². The van der Waals surface area contributed by atoms with Crippen LogP contribution in [0.1, 0.15) is 34.0 Å². The summed E-state index contributed by atoms with van der Waals surface area (Å²) in [5.74, 6) is -1.42. The third-order valence-electron chi connectivity index (χ3n) is 4.21. The van der Waals surface area contributed by atoms with Crippen molar-refractivity contribution in [2.45, 2.75) is 25.6 Å². The van der Waals surface area contributed by atoms with Crippen molar-refractivity contribution in [3.8, 4) is 0 Å². The summed E-state index contributed by atoms with van der Waals surface area (Å²) >= 11 is 0. The molecule has 0 heterocycles. The highest BCUT2D eigenvalue weighted by Crippen LogP contribution is 2.09. The van der Waals surface area contributed by atoms with Gasteiger partial charge in [-0.3, -0.25) is 14.8 Å². The van der Waals surface area contributed by atoms with Crippen LogP contribution in [-0.2, 0) is 11.3 Å². The van der Waals surface area contributed by atoms with Crippen LogP contribution in [0.4, 0.5) is 0 Å². The Morgan fingerprint density at radius 2 is 1.72 bits per heavy atom. The summed E-state index contributed by atoms with van der Waals surface area (Å²) in [5.41, 5.74) is 10.4. The molecular formula is C22H25N3O4. The van der Waals surface area contributed by atoms with Gasteiger partial charge in [0.25, 0.3) is 11.8 Å². The van der Waals surface area contributed by atoms with E-state index in [9.17, 15) is 14.7 Å². The van der Waals surface area contributed by atoms with Gasteiger partial charge in [-0.05, 0) is 35.7 Å². The van der Waals surface area contributed by atoms with Crippen molar-refractivity contribution in [3.63, 3.8) is 0 Å². The highest BCUT2D eigenvalue weighted by atomic mass is 16.5. The van der Waals surface area contributed by atoms with Crippen molar-refractivity contribution in [3.05, 3.63) is 82.9 Å². The number of hydroxylamine groups is 1. The van der Waals surface area contributed by atoms with Gasteiger partial charge in [-0.2, -0.15) is 0 Å². The molecule has 0 spiro atoms. The standard InChI is InChI=1S/C22H25N3O4/c1-15(26)20(22(28)25-29)24-21(27)19-11-9-16(10-12-19)5-2-3-6-17-7-4-8-18(13-17)14-23/h2-13,15,20,26,29H,14,23H2,1H3,(H,24,27)(H,25,28)/b5-2+,6-3+. The fourth-order valence-corrected chi connectivity index (χ4v) is 2.60. The normalized spacial score (nSPS) is 13.4. The predicted octanol–water partition coefficient (Wildman–Crippen LogP) is 1.86. The number of carbonyl (C=O) groups is 2. The molecule has 152 valence electrons. The van der Waals surface area contributed by atoms with E-state index in [1.54, 1.807) is 24.3 Å². The van der Waals surface area contributed by atoms with E-state index in [-0.39, 0.29) is 0 Å². The third kappa shape index (κ3) is 6.69. The van der Waals surface area contributed by atoms with Crippen molar-refractivity contribution >= 4 is 24.0 Å². The number of nitrogens with two attached hydrogens (primary N) is 1. The highest BCUT2D eigenvalue weighted by Gasteiger charge is 2.25. The van der Waals surface area contributed by atoms with E-state index in [1.807, 2.05) is 48.6 Å². The van der Waals surface area contributed by atoms with Crippen LogP contribution in [0, 0.1) is 0 Å². The zero-order valence-corrected chi connectivity index (χ0v) is 16.1. The van der Waals surface area contributed by atoms with Gasteiger partial charge >= 0.3 is 0 Å². The van der Waals surface area contributed by atoms with Gasteiger partial charge in [-0.15, -0.1) is 0 Å². The molecule has 2 rings (SSSR count). The first-order valence-electron chi connectivity index (χ1n) is 9.11. The van der Waals surface area contributed by atoms with E-state index in [2.05, 4.69) is 5.32 Å². The maximum absolute atomic E-state index is 12.2. The summed E-state index contributed by atoms with van der Waals surface area (Å²) in [5, 5.41) is 20.7. The SMILES string of the molecule is CC(O)C(NC(=O)c1ccc(/C=C/C=C/c2cccc(CN)c2)cc1)C(=O)NO. The van der Waals surface area contributed by atoms with Gasteiger partial charge in [-0.1, -0.05) is 60.7 Å². The van der Waals surface area contributed by atoms with E-state index in [1.165, 1.54) is 12.4 Å². The molecule has 0 aliphatic rings. The number of allylic oxidation sites excluding steroid dienone is 2. The third-order valence-corrected chi connectivity index (χ3v) is 4.21. The molecule has 2 aromatic carbocycles. The molecule has 0 bridgehead atoms. The number of carbonyl (C=O) groups excluding carboxylic acids is 2. The Morgan fingerprint density at radius 3 is 2.31 bits per heavy atom. The van der Waals surface area contributed by atoms with Gasteiger partial charge < -0.3 is 16.2 Å². The molecule has 2 aromatic rings. The van der Waals surface area contributed by atoms with Gasteiger partial charge in [0, 0.05) is 12.1 Å². The Kier molecular flexibility index (Phi) is 8.29. The number of hydrogen-bond donors (Lipinski definition) is 5. The number of nitrogens with one attached hydrogen (secondary N) is 2. The summed E-state index contributed by atoms with van der Waals surface area (Å²) in [6, 6.07) is 13.4. The zero-order valence-electron chi connectivity index (χ0n) is 16.1. The highest BCUT2D eigenvalue weighted by molar-refractivity contribution is 5.97. The summed E-state index contributed by atoms with van der Waals surface area (Å²) in [7, 11) is 0. The first kappa shape index (κ1) is 22.0. The number of aliphatic hydroxyl groups is 1. The predicted molar refractivity (Wildman–Crippen MR) is 112 cm³/mol. The molecule has 7 heteroatoms. The van der Waals surface area contributed by atoms with Crippen LogP contribution in [0.5, 0.6) is 0 Å². The number of hydrogen-bond acceptors (Lipinski definition) is 5. The van der Waals surface area contributed by atoms with Crippen LogP contribution in [0.3, 0.4) is 0 Å². The van der Waals surface area contributed by atoms with Crippen molar-refractivity contribution in [2.75, 3.05) is 0 Å². The molecule has 2 unspecified atom stereocenters. The smallest absolute Gasteiger partial charge is 0.268 e. The Labute approximate surface area is 169 Å². The van der Waals surface area contributed by atoms with Crippen LogP contribution in [0.2, 0.25) is 0 Å². The van der Waals surface area contributed by atoms with E-state index < -0.39 is 24.0 Å². The van der Waals surface area contributed by atoms with Crippen LogP contribution in [0.25, 0.3) is 12.2 Å². The average molecular weight is 395 g/mol. The summed E-state index contributed by atoms with van der Waals surface area (Å²) in [6.45, 7) is 1.84. The molecule has 0 fully saturated rings. The summed E-state index contributed by atoms with van der Waals surface area (Å²) in [4.78, 5) is 23.7. The average Bonchev–Trinajstić information content (AvgIpc) is 2.74. The zero-order chi connectivity index (χ0) is 21.2. The lowest BCUT2D eigenvalue weighted by Gasteiger charge is -2.19. The van der Waals surface area contributed by atoms with Crippen molar-refractivity contribution in [1.82, 2.24) is 10.8 Å². The van der Waals surface area contributed by atoms with Gasteiger partial charge in [0.1, 0.15) is 6.04 Å². The van der Waals surface area contributed by atoms with E-state index in [0.29, 0.717) is 12.1 Å². The second kappa shape index (κ2) is 10.9. The molecule has 2 amide bonds. The Morgan fingerprint density at radius 1 is 1.07 bits per heavy atom. The number of benzene rings is 2. The number of amides is 2. The molecule has 0 aliphatic heterocycles. The molecule has 0 radical (unpaired) electrons. The lowest BCUT2D eigenvalue weighted by Crippen LogP contribution is -2.51. The number of rotatable bonds is 8. The lowest BCUT2D eigenvalue weighted by atomic mass is 10.1. The molecule has 29 heavy (non-hydrogen) atoms. The topological polar surface area (TPSA) is 125 Å². The van der Waals surface area contributed by atoms with Crippen LogP contribution >= 0.6 is 0 Å². The molecule has 7 nitrogen and oxygen atoms in total. The maximum Gasteiger partial charge on any atom is 0.268 e. The van der Waals surface area contributed by atoms with Crippen molar-refractivity contribution < 1.29 is 19.9 Å². The van der Waals surface area contributed by atoms with Gasteiger partial charge in [0.2, 0.25) is 0 Å². The fraction of sp³-hybridized carbons (Fsp3) is 0.182. The molecule has 0 aromatic heterocycles. The Hall–Kier alpha value is -3.26. The Bertz CT molecular complexity index is 889. The van der Waals surface area contributed by atoms with Crippen LogP contribution < -0.4 is 16.5 Å². The summed E-state index contributed by atoms with van der Waals surface area (Å²) in [6.07, 6.45) is 6.50. The molecule has 0 aliphatic carbocycles. The fourth-order valence-electron chi connectivity index (χ4n) is 2.60. The molecule has 2 atom stereocenters. The largest absolute Gasteiger partial charge is 0.391 e. The minimum Gasteiger partial charge on any atom is -0.391 e. The maximum atomic E-state index is 12.2. The lowest BCUT2D eigenvalue weighted by molar-refractivity contribution is -0.133. The molecule has 0 saturated carbocycles. The quantitative estimate of drug-likeness (QED) is 0.265.